The molecule has 0 aromatic heterocycles. The fraction of sp³-hybridized carbons (Fsp3) is 0.750. The first-order valence-corrected chi connectivity index (χ1v) is 26.8. The number of unbranched alkanes of at least 4 members (excludes halogenated alkanes) is 18. The van der Waals surface area contributed by atoms with E-state index in [0.29, 0.717) is 13.0 Å². The lowest BCUT2D eigenvalue weighted by atomic mass is 9.85. The van der Waals surface area contributed by atoms with Crippen molar-refractivity contribution in [3.63, 3.8) is 0 Å². The van der Waals surface area contributed by atoms with Gasteiger partial charge < -0.3 is 39.9 Å². The molecule has 6 unspecified atom stereocenters. The molecule has 1 rings (SSSR count). The summed E-state index contributed by atoms with van der Waals surface area (Å²) in [5, 5.41) is 50.3. The maximum absolute atomic E-state index is 12.8. The van der Waals surface area contributed by atoms with E-state index >= 15 is 0 Å². The van der Waals surface area contributed by atoms with Crippen molar-refractivity contribution in [2.75, 3.05) is 19.8 Å². The molecule has 0 aliphatic heterocycles. The van der Waals surface area contributed by atoms with Crippen LogP contribution in [0.4, 0.5) is 0 Å². The summed E-state index contributed by atoms with van der Waals surface area (Å²) >= 11 is 0. The van der Waals surface area contributed by atoms with E-state index < -0.39 is 63.1 Å². The average Bonchev–Trinajstić information content (AvgIpc) is 3.29. The number of esters is 1. The lowest BCUT2D eigenvalue weighted by Crippen LogP contribution is -2.64. The number of aliphatic hydroxyl groups excluding tert-OH is 5. The van der Waals surface area contributed by atoms with E-state index in [-0.39, 0.29) is 13.0 Å². The number of rotatable bonds is 42. The predicted molar refractivity (Wildman–Crippen MR) is 262 cm³/mol. The zero-order valence-corrected chi connectivity index (χ0v) is 41.2. The number of carbonyl (C=O) groups excluding carboxylic acids is 1. The van der Waals surface area contributed by atoms with Gasteiger partial charge in [0.1, 0.15) is 42.7 Å². The van der Waals surface area contributed by atoms with Crippen LogP contribution in [0.25, 0.3) is 0 Å². The molecule has 0 amide bonds. The highest BCUT2D eigenvalue weighted by Crippen LogP contribution is 2.47. The van der Waals surface area contributed by atoms with E-state index in [1.165, 1.54) is 103 Å². The van der Waals surface area contributed by atoms with Gasteiger partial charge in [-0.1, -0.05) is 202 Å². The third kappa shape index (κ3) is 33.8. The van der Waals surface area contributed by atoms with Crippen molar-refractivity contribution >= 4 is 13.8 Å². The Labute approximate surface area is 393 Å². The van der Waals surface area contributed by atoms with E-state index in [0.717, 1.165) is 57.8 Å². The SMILES string of the molecule is CC/C=C\C/C=C\C/C=C\C/C=C\C/C=C\C/C=C\CCC(=O)OC(COCCCCCCCCCCCCCCCCCCCCC)COP(=O)(O)OC1C(O)C(O)C(O)C(O)C1O. The van der Waals surface area contributed by atoms with Crippen molar-refractivity contribution in [2.24, 2.45) is 0 Å². The van der Waals surface area contributed by atoms with Gasteiger partial charge in [0.2, 0.25) is 0 Å². The van der Waals surface area contributed by atoms with Crippen molar-refractivity contribution in [1.82, 2.24) is 0 Å². The first-order chi connectivity index (χ1) is 31.5. The fourth-order valence-corrected chi connectivity index (χ4v) is 8.35. The number of phosphoric ester groups is 1. The summed E-state index contributed by atoms with van der Waals surface area (Å²) in [6, 6.07) is 0. The molecular formula is C52H91O12P. The number of carbonyl (C=O) groups is 1. The van der Waals surface area contributed by atoms with Gasteiger partial charge in [-0.05, 0) is 51.4 Å². The summed E-state index contributed by atoms with van der Waals surface area (Å²) in [4.78, 5) is 23.2. The molecule has 6 N–H and O–H groups in total. The largest absolute Gasteiger partial charge is 0.472 e. The molecule has 1 aliphatic carbocycles. The summed E-state index contributed by atoms with van der Waals surface area (Å²) in [7, 11) is -5.04. The molecule has 0 aromatic rings. The molecule has 0 aromatic carbocycles. The Morgan fingerprint density at radius 3 is 1.29 bits per heavy atom. The third-order valence-electron chi connectivity index (χ3n) is 11.4. The minimum atomic E-state index is -5.04. The van der Waals surface area contributed by atoms with E-state index in [1.807, 2.05) is 12.2 Å². The molecule has 13 heteroatoms. The number of aliphatic hydroxyl groups is 5. The molecule has 1 aliphatic rings. The monoisotopic (exact) mass is 939 g/mol. The summed E-state index contributed by atoms with van der Waals surface area (Å²) in [6.45, 7) is 4.08. The normalized spacial score (nSPS) is 22.2. The molecule has 1 fully saturated rings. The lowest BCUT2D eigenvalue weighted by molar-refractivity contribution is -0.220. The van der Waals surface area contributed by atoms with Crippen LogP contribution in [-0.2, 0) is 27.9 Å². The topological polar surface area (TPSA) is 192 Å². The molecule has 65 heavy (non-hydrogen) atoms. The van der Waals surface area contributed by atoms with Crippen LogP contribution in [0, 0.1) is 0 Å². The van der Waals surface area contributed by atoms with Gasteiger partial charge >= 0.3 is 13.8 Å². The number of phosphoric acid groups is 1. The molecule has 376 valence electrons. The minimum Gasteiger partial charge on any atom is -0.457 e. The fourth-order valence-electron chi connectivity index (χ4n) is 7.38. The highest BCUT2D eigenvalue weighted by molar-refractivity contribution is 7.47. The van der Waals surface area contributed by atoms with Gasteiger partial charge in [-0.25, -0.2) is 4.57 Å². The smallest absolute Gasteiger partial charge is 0.457 e. The Kier molecular flexibility index (Phi) is 39.2. The highest BCUT2D eigenvalue weighted by atomic mass is 31.2. The number of ether oxygens (including phenoxy) is 2. The van der Waals surface area contributed by atoms with Gasteiger partial charge in [0.15, 0.2) is 0 Å². The van der Waals surface area contributed by atoms with Crippen molar-refractivity contribution in [1.29, 1.82) is 0 Å². The first-order valence-electron chi connectivity index (χ1n) is 25.3. The summed E-state index contributed by atoms with van der Waals surface area (Å²) in [5.74, 6) is -0.558. The van der Waals surface area contributed by atoms with Crippen molar-refractivity contribution in [3.8, 4) is 0 Å². The van der Waals surface area contributed by atoms with E-state index in [9.17, 15) is 39.8 Å². The Morgan fingerprint density at radius 2 is 0.877 bits per heavy atom. The van der Waals surface area contributed by atoms with Gasteiger partial charge in [-0.2, -0.15) is 0 Å². The van der Waals surface area contributed by atoms with Crippen LogP contribution in [-0.4, -0.2) is 98.9 Å². The molecule has 0 heterocycles. The summed E-state index contributed by atoms with van der Waals surface area (Å²) in [6.07, 6.45) is 42.7. The number of hydrogen-bond acceptors (Lipinski definition) is 11. The van der Waals surface area contributed by atoms with Crippen LogP contribution in [0.5, 0.6) is 0 Å². The van der Waals surface area contributed by atoms with Crippen LogP contribution in [0.1, 0.15) is 187 Å². The van der Waals surface area contributed by atoms with Crippen LogP contribution >= 0.6 is 7.82 Å². The molecule has 6 atom stereocenters. The Morgan fingerprint density at radius 1 is 0.508 bits per heavy atom. The highest BCUT2D eigenvalue weighted by Gasteiger charge is 2.51. The third-order valence-corrected chi connectivity index (χ3v) is 12.3. The van der Waals surface area contributed by atoms with Crippen LogP contribution in [0.3, 0.4) is 0 Å². The molecule has 0 saturated heterocycles. The van der Waals surface area contributed by atoms with E-state index in [2.05, 4.69) is 74.6 Å². The van der Waals surface area contributed by atoms with Gasteiger partial charge in [0.25, 0.3) is 0 Å². The van der Waals surface area contributed by atoms with Crippen molar-refractivity contribution in [3.05, 3.63) is 72.9 Å². The summed E-state index contributed by atoms with van der Waals surface area (Å²) < 4.78 is 34.2. The standard InChI is InChI=1S/C52H91O12P/c1-3-5-7-9-11-13-15-17-19-21-23-25-27-29-31-33-35-37-39-41-46(53)63-45(44-62-65(59,60)64-52-50(57)48(55)47(54)49(56)51(52)58)43-61-42-40-38-36-34-32-30-28-26-24-22-20-18-16-14-12-10-8-6-4-2/h5,7,11,13,17,19,23,25,29,31,35,37,45,47-52,54-58H,3-4,6,8-10,12,14-16,18,20-22,24,26-28,30,32-34,36,38-44H2,1-2H3,(H,59,60)/b7-5-,13-11-,19-17-,25-23-,31-29-,37-35-. The maximum atomic E-state index is 12.8. The Balaban J connectivity index is 2.41. The van der Waals surface area contributed by atoms with Gasteiger partial charge in [-0.3, -0.25) is 13.8 Å². The van der Waals surface area contributed by atoms with Crippen LogP contribution in [0.15, 0.2) is 72.9 Å². The second-order valence-corrected chi connectivity index (χ2v) is 18.7. The van der Waals surface area contributed by atoms with Gasteiger partial charge in [0, 0.05) is 13.0 Å². The average molecular weight is 939 g/mol. The quantitative estimate of drug-likeness (QED) is 0.0147. The maximum Gasteiger partial charge on any atom is 0.472 e. The van der Waals surface area contributed by atoms with Crippen molar-refractivity contribution in [2.45, 2.75) is 230 Å². The van der Waals surface area contributed by atoms with Gasteiger partial charge in [-0.15, -0.1) is 0 Å². The molecular weight excluding hydrogens is 848 g/mol. The lowest BCUT2D eigenvalue weighted by Gasteiger charge is -2.41. The zero-order valence-electron chi connectivity index (χ0n) is 40.3. The summed E-state index contributed by atoms with van der Waals surface area (Å²) in [5.41, 5.74) is 0. The van der Waals surface area contributed by atoms with E-state index in [1.54, 1.807) is 0 Å². The minimum absolute atomic E-state index is 0.0593. The molecule has 1 saturated carbocycles. The second kappa shape index (κ2) is 41.9. The number of hydrogen-bond donors (Lipinski definition) is 6. The molecule has 0 bridgehead atoms. The molecule has 12 nitrogen and oxygen atoms in total. The predicted octanol–water partition coefficient (Wildman–Crippen LogP) is 11.1. The van der Waals surface area contributed by atoms with Crippen molar-refractivity contribution < 1.29 is 58.3 Å². The van der Waals surface area contributed by atoms with Gasteiger partial charge in [0.05, 0.1) is 13.2 Å². The van der Waals surface area contributed by atoms with E-state index in [4.69, 9.17) is 18.5 Å². The van der Waals surface area contributed by atoms with Crippen LogP contribution < -0.4 is 0 Å². The number of allylic oxidation sites excluding steroid dienone is 12. The molecule has 0 radical (unpaired) electrons. The Hall–Kier alpha value is -2.22. The Bertz CT molecular complexity index is 1350. The molecule has 0 spiro atoms. The first kappa shape index (κ1) is 60.8. The zero-order chi connectivity index (χ0) is 47.6. The van der Waals surface area contributed by atoms with Crippen LogP contribution in [0.2, 0.25) is 0 Å². The second-order valence-electron chi connectivity index (χ2n) is 17.3.